The molecule has 0 spiro atoms. The van der Waals surface area contributed by atoms with Crippen LogP contribution in [0.2, 0.25) is 0 Å². The third kappa shape index (κ3) is 1.59. The highest BCUT2D eigenvalue weighted by atomic mass is 15.1. The molecule has 1 aromatic rings. The summed E-state index contributed by atoms with van der Waals surface area (Å²) < 4.78 is 0. The lowest BCUT2D eigenvalue weighted by atomic mass is 9.87. The van der Waals surface area contributed by atoms with Gasteiger partial charge in [-0.3, -0.25) is 0 Å². The van der Waals surface area contributed by atoms with Crippen LogP contribution in [0.3, 0.4) is 0 Å². The normalized spacial score (nSPS) is 19.6. The predicted molar refractivity (Wildman–Crippen MR) is 56.0 cm³/mol. The van der Waals surface area contributed by atoms with Gasteiger partial charge >= 0.3 is 0 Å². The number of hydrogen-bond acceptors (Lipinski definition) is 1. The van der Waals surface area contributed by atoms with Crippen LogP contribution in [0.25, 0.3) is 10.4 Å². The molecule has 0 fully saturated rings. The topological polar surface area (TPSA) is 48.8 Å². The summed E-state index contributed by atoms with van der Waals surface area (Å²) in [4.78, 5) is 2.91. The van der Waals surface area contributed by atoms with Crippen molar-refractivity contribution in [2.45, 2.75) is 32.2 Å². The fraction of sp³-hybridized carbons (Fsp3) is 0.455. The highest BCUT2D eigenvalue weighted by molar-refractivity contribution is 5.35. The second kappa shape index (κ2) is 3.72. The third-order valence-corrected chi connectivity index (χ3v) is 2.78. The molecule has 0 bridgehead atoms. The van der Waals surface area contributed by atoms with Gasteiger partial charge in [-0.05, 0) is 42.8 Å². The molecule has 1 atom stereocenters. The minimum atomic E-state index is 0.0589. The molecule has 14 heavy (non-hydrogen) atoms. The number of aryl methyl sites for hydroxylation is 2. The van der Waals surface area contributed by atoms with E-state index in [9.17, 15) is 0 Å². The Morgan fingerprint density at radius 3 is 3.14 bits per heavy atom. The van der Waals surface area contributed by atoms with E-state index in [1.807, 2.05) is 0 Å². The number of benzene rings is 1. The summed E-state index contributed by atoms with van der Waals surface area (Å²) in [5.74, 6) is 0. The van der Waals surface area contributed by atoms with Gasteiger partial charge in [-0.2, -0.15) is 0 Å². The molecule has 1 aromatic carbocycles. The average Bonchev–Trinajstić information content (AvgIpc) is 2.19. The molecular weight excluding hydrogens is 174 g/mol. The van der Waals surface area contributed by atoms with Crippen molar-refractivity contribution < 1.29 is 0 Å². The van der Waals surface area contributed by atoms with Crippen LogP contribution in [0.1, 0.15) is 35.6 Å². The predicted octanol–water partition coefficient (Wildman–Crippen LogP) is 3.68. The first-order valence-electron chi connectivity index (χ1n) is 4.95. The van der Waals surface area contributed by atoms with Crippen LogP contribution in [0.5, 0.6) is 0 Å². The van der Waals surface area contributed by atoms with Gasteiger partial charge in [-0.25, -0.2) is 0 Å². The zero-order chi connectivity index (χ0) is 9.97. The van der Waals surface area contributed by atoms with Crippen molar-refractivity contribution in [3.05, 3.63) is 45.3 Å². The number of fused-ring (bicyclic) bond motifs is 1. The summed E-state index contributed by atoms with van der Waals surface area (Å²) in [5, 5.41) is 3.85. The molecule has 0 unspecified atom stereocenters. The Kier molecular flexibility index (Phi) is 2.42. The van der Waals surface area contributed by atoms with Crippen molar-refractivity contribution in [2.24, 2.45) is 5.11 Å². The summed E-state index contributed by atoms with van der Waals surface area (Å²) >= 11 is 0. The smallest absolute Gasteiger partial charge is 0.0628 e. The van der Waals surface area contributed by atoms with Crippen molar-refractivity contribution in [1.82, 2.24) is 0 Å². The van der Waals surface area contributed by atoms with Gasteiger partial charge in [0.05, 0.1) is 6.04 Å². The lowest BCUT2D eigenvalue weighted by molar-refractivity contribution is 0.567. The second-order valence-corrected chi connectivity index (χ2v) is 3.82. The minimum Gasteiger partial charge on any atom is -0.0859 e. The maximum Gasteiger partial charge on any atom is 0.0628 e. The maximum atomic E-state index is 8.47. The van der Waals surface area contributed by atoms with Crippen LogP contribution in [-0.2, 0) is 6.42 Å². The van der Waals surface area contributed by atoms with Crippen LogP contribution in [0.15, 0.2) is 23.3 Å². The first-order valence-corrected chi connectivity index (χ1v) is 4.95. The molecule has 72 valence electrons. The number of nitrogens with zero attached hydrogens (tertiary/aromatic N) is 3. The van der Waals surface area contributed by atoms with E-state index in [-0.39, 0.29) is 6.04 Å². The second-order valence-electron chi connectivity index (χ2n) is 3.82. The minimum absolute atomic E-state index is 0.0589. The first-order chi connectivity index (χ1) is 6.81. The Morgan fingerprint density at radius 1 is 1.50 bits per heavy atom. The van der Waals surface area contributed by atoms with Crippen molar-refractivity contribution in [2.75, 3.05) is 0 Å². The van der Waals surface area contributed by atoms with E-state index in [1.165, 1.54) is 16.7 Å². The third-order valence-electron chi connectivity index (χ3n) is 2.78. The number of hydrogen-bond donors (Lipinski definition) is 0. The lowest BCUT2D eigenvalue weighted by Gasteiger charge is -2.21. The van der Waals surface area contributed by atoms with Gasteiger partial charge in [0.1, 0.15) is 0 Å². The Labute approximate surface area is 83.4 Å². The van der Waals surface area contributed by atoms with E-state index >= 15 is 0 Å². The van der Waals surface area contributed by atoms with E-state index in [0.717, 1.165) is 19.3 Å². The zero-order valence-electron chi connectivity index (χ0n) is 8.27. The van der Waals surface area contributed by atoms with E-state index in [4.69, 9.17) is 5.53 Å². The molecule has 0 amide bonds. The molecule has 0 heterocycles. The van der Waals surface area contributed by atoms with Crippen molar-refractivity contribution >= 4 is 0 Å². The molecule has 0 aromatic heterocycles. The fourth-order valence-corrected chi connectivity index (χ4v) is 2.08. The SMILES string of the molecule is Cc1ccc2c(c1)[C@H](N=[N+]=[N-])CCC2. The van der Waals surface area contributed by atoms with E-state index in [1.54, 1.807) is 0 Å². The van der Waals surface area contributed by atoms with Crippen LogP contribution in [0, 0.1) is 6.92 Å². The molecule has 3 nitrogen and oxygen atoms in total. The molecule has 3 heteroatoms. The Hall–Kier alpha value is -1.47. The lowest BCUT2D eigenvalue weighted by Crippen LogP contribution is -2.07. The molecule has 1 aliphatic rings. The van der Waals surface area contributed by atoms with Gasteiger partial charge in [-0.1, -0.05) is 28.9 Å². The Balaban J connectivity index is 2.46. The van der Waals surface area contributed by atoms with Crippen LogP contribution in [0.4, 0.5) is 0 Å². The van der Waals surface area contributed by atoms with Gasteiger partial charge < -0.3 is 0 Å². The number of azide groups is 1. The summed E-state index contributed by atoms with van der Waals surface area (Å²) in [7, 11) is 0. The van der Waals surface area contributed by atoms with Gasteiger partial charge in [-0.15, -0.1) is 0 Å². The van der Waals surface area contributed by atoms with Crippen molar-refractivity contribution in [3.63, 3.8) is 0 Å². The molecule has 0 aliphatic heterocycles. The van der Waals surface area contributed by atoms with Gasteiger partial charge in [0, 0.05) is 4.91 Å². The van der Waals surface area contributed by atoms with Crippen molar-refractivity contribution in [1.29, 1.82) is 0 Å². The van der Waals surface area contributed by atoms with Gasteiger partial charge in [0.2, 0.25) is 0 Å². The standard InChI is InChI=1S/C11H13N3/c1-8-5-6-9-3-2-4-11(13-14-12)10(9)7-8/h5-7,11H,2-4H2,1H3/t11-/m1/s1. The highest BCUT2D eigenvalue weighted by Crippen LogP contribution is 2.33. The van der Waals surface area contributed by atoms with Crippen LogP contribution >= 0.6 is 0 Å². The quantitative estimate of drug-likeness (QED) is 0.366. The van der Waals surface area contributed by atoms with Crippen LogP contribution < -0.4 is 0 Å². The average molecular weight is 187 g/mol. The van der Waals surface area contributed by atoms with E-state index in [0.29, 0.717) is 0 Å². The molecule has 0 saturated heterocycles. The monoisotopic (exact) mass is 187 g/mol. The van der Waals surface area contributed by atoms with Crippen molar-refractivity contribution in [3.8, 4) is 0 Å². The van der Waals surface area contributed by atoms with Gasteiger partial charge in [0.15, 0.2) is 0 Å². The largest absolute Gasteiger partial charge is 0.0859 e. The maximum absolute atomic E-state index is 8.47. The van der Waals surface area contributed by atoms with Gasteiger partial charge in [0.25, 0.3) is 0 Å². The highest BCUT2D eigenvalue weighted by Gasteiger charge is 2.18. The summed E-state index contributed by atoms with van der Waals surface area (Å²) in [5.41, 5.74) is 12.3. The molecular formula is C11H13N3. The Bertz CT molecular complexity index is 392. The molecule has 0 N–H and O–H groups in total. The number of rotatable bonds is 1. The molecule has 1 aliphatic carbocycles. The molecule has 0 saturated carbocycles. The zero-order valence-corrected chi connectivity index (χ0v) is 8.27. The van der Waals surface area contributed by atoms with Crippen LogP contribution in [-0.4, -0.2) is 0 Å². The summed E-state index contributed by atoms with van der Waals surface area (Å²) in [6.45, 7) is 2.07. The summed E-state index contributed by atoms with van der Waals surface area (Å²) in [6.07, 6.45) is 3.23. The fourth-order valence-electron chi connectivity index (χ4n) is 2.08. The molecule has 0 radical (unpaired) electrons. The van der Waals surface area contributed by atoms with E-state index < -0.39 is 0 Å². The van der Waals surface area contributed by atoms with E-state index in [2.05, 4.69) is 35.1 Å². The summed E-state index contributed by atoms with van der Waals surface area (Å²) in [6, 6.07) is 6.48. The molecule has 2 rings (SSSR count). The first kappa shape index (κ1) is 9.10. The Morgan fingerprint density at radius 2 is 2.36 bits per heavy atom.